The van der Waals surface area contributed by atoms with Crippen LogP contribution in [0.15, 0.2) is 53.3 Å². The normalized spacial score (nSPS) is 12.3. The number of hydrogen-bond acceptors (Lipinski definition) is 4. The topological polar surface area (TPSA) is 64.4 Å². The maximum Gasteiger partial charge on any atom is 0.266 e. The van der Waals surface area contributed by atoms with Crippen molar-refractivity contribution < 1.29 is 9.53 Å². The van der Waals surface area contributed by atoms with E-state index in [0.29, 0.717) is 40.6 Å². The highest BCUT2D eigenvalue weighted by atomic mass is 35.5. The second-order valence-corrected chi connectivity index (χ2v) is 7.90. The number of benzene rings is 2. The van der Waals surface area contributed by atoms with Crippen molar-refractivity contribution >= 4 is 28.4 Å². The van der Waals surface area contributed by atoms with Crippen LogP contribution in [0.2, 0.25) is 5.02 Å². The van der Waals surface area contributed by atoms with E-state index in [-0.39, 0.29) is 17.4 Å². The van der Waals surface area contributed by atoms with Crippen molar-refractivity contribution in [3.63, 3.8) is 0 Å². The van der Waals surface area contributed by atoms with Gasteiger partial charge in [-0.25, -0.2) is 4.98 Å². The van der Waals surface area contributed by atoms with Gasteiger partial charge in [-0.3, -0.25) is 14.2 Å². The minimum atomic E-state index is -0.442. The molecule has 6 nitrogen and oxygen atoms in total. The molecule has 0 N–H and O–H groups in total. The largest absolute Gasteiger partial charge is 0.383 e. The van der Waals surface area contributed by atoms with E-state index in [9.17, 15) is 9.59 Å². The summed E-state index contributed by atoms with van der Waals surface area (Å²) in [6.07, 6.45) is 0. The smallest absolute Gasteiger partial charge is 0.266 e. The number of amides is 1. The number of carbonyl (C=O) groups is 1. The molecule has 0 aliphatic carbocycles. The minimum absolute atomic E-state index is 0.0235. The summed E-state index contributed by atoms with van der Waals surface area (Å²) in [5.74, 6) is 0.274. The van der Waals surface area contributed by atoms with Crippen molar-refractivity contribution in [1.29, 1.82) is 0 Å². The lowest BCUT2D eigenvalue weighted by Gasteiger charge is -2.31. The minimum Gasteiger partial charge on any atom is -0.383 e. The molecule has 3 rings (SSSR count). The summed E-state index contributed by atoms with van der Waals surface area (Å²) in [6.45, 7) is 6.39. The molecule has 0 aliphatic rings. The highest BCUT2D eigenvalue weighted by Gasteiger charge is 2.28. The molecule has 1 atom stereocenters. The molecule has 0 saturated heterocycles. The van der Waals surface area contributed by atoms with E-state index in [1.807, 2.05) is 39.0 Å². The van der Waals surface area contributed by atoms with E-state index in [1.165, 1.54) is 0 Å². The molecule has 0 aliphatic heterocycles. The maximum atomic E-state index is 13.4. The monoisotopic (exact) mass is 427 g/mol. The molecular weight excluding hydrogens is 402 g/mol. The lowest BCUT2D eigenvalue weighted by Crippen LogP contribution is -2.41. The van der Waals surface area contributed by atoms with Gasteiger partial charge in [0.1, 0.15) is 5.82 Å². The number of halogens is 1. The molecule has 0 saturated carbocycles. The number of nitrogens with zero attached hydrogens (tertiary/aromatic N) is 3. The van der Waals surface area contributed by atoms with E-state index in [1.54, 1.807) is 46.9 Å². The van der Waals surface area contributed by atoms with Crippen LogP contribution in [0.25, 0.3) is 16.6 Å². The molecule has 1 heterocycles. The number of fused-ring (bicyclic) bond motifs is 1. The van der Waals surface area contributed by atoms with E-state index in [2.05, 4.69) is 0 Å². The van der Waals surface area contributed by atoms with Gasteiger partial charge in [0.15, 0.2) is 0 Å². The van der Waals surface area contributed by atoms with Gasteiger partial charge >= 0.3 is 0 Å². The van der Waals surface area contributed by atoms with Crippen LogP contribution >= 0.6 is 11.6 Å². The van der Waals surface area contributed by atoms with Crippen LogP contribution in [0.4, 0.5) is 0 Å². The van der Waals surface area contributed by atoms with Crippen molar-refractivity contribution in [3.05, 3.63) is 69.7 Å². The summed E-state index contributed by atoms with van der Waals surface area (Å²) in [5.41, 5.74) is 1.06. The summed E-state index contributed by atoms with van der Waals surface area (Å²) in [7, 11) is 1.60. The SMILES string of the molecule is COCCN(C(=O)C(C)C)C(C)c1nc2ccccc2c(=O)n1-c1ccc(Cl)cc1. The lowest BCUT2D eigenvalue weighted by atomic mass is 10.1. The zero-order valence-corrected chi connectivity index (χ0v) is 18.4. The van der Waals surface area contributed by atoms with Crippen molar-refractivity contribution in [2.45, 2.75) is 26.8 Å². The first-order chi connectivity index (χ1) is 14.3. The Kier molecular flexibility index (Phi) is 6.90. The fraction of sp³-hybridized carbons (Fsp3) is 0.348. The molecule has 1 amide bonds. The zero-order valence-electron chi connectivity index (χ0n) is 17.6. The number of ether oxygens (including phenoxy) is 1. The Morgan fingerprint density at radius 2 is 1.80 bits per heavy atom. The van der Waals surface area contributed by atoms with Crippen LogP contribution in [-0.4, -0.2) is 40.6 Å². The number of rotatable bonds is 7. The third kappa shape index (κ3) is 4.40. The molecule has 0 spiro atoms. The van der Waals surface area contributed by atoms with Crippen LogP contribution in [-0.2, 0) is 9.53 Å². The number of hydrogen-bond donors (Lipinski definition) is 0. The van der Waals surface area contributed by atoms with Gasteiger partial charge in [-0.05, 0) is 43.3 Å². The molecule has 0 radical (unpaired) electrons. The summed E-state index contributed by atoms with van der Waals surface area (Å²) in [4.78, 5) is 32.9. The van der Waals surface area contributed by atoms with E-state index in [0.717, 1.165) is 0 Å². The fourth-order valence-corrected chi connectivity index (χ4v) is 3.55. The van der Waals surface area contributed by atoms with Gasteiger partial charge in [-0.2, -0.15) is 0 Å². The second-order valence-electron chi connectivity index (χ2n) is 7.46. The van der Waals surface area contributed by atoms with Gasteiger partial charge < -0.3 is 9.64 Å². The van der Waals surface area contributed by atoms with Crippen LogP contribution in [0, 0.1) is 5.92 Å². The van der Waals surface area contributed by atoms with Gasteiger partial charge in [0, 0.05) is 24.6 Å². The number of aromatic nitrogens is 2. The van der Waals surface area contributed by atoms with Crippen molar-refractivity contribution in [2.75, 3.05) is 20.3 Å². The standard InChI is InChI=1S/C23H26ClN3O3/c1-15(2)22(28)26(13-14-30-4)16(3)21-25-20-8-6-5-7-19(20)23(29)27(21)18-11-9-17(24)10-12-18/h5-12,15-16H,13-14H2,1-4H3. The first-order valence-electron chi connectivity index (χ1n) is 9.92. The Balaban J connectivity index is 2.24. The molecule has 1 unspecified atom stereocenters. The van der Waals surface area contributed by atoms with Crippen molar-refractivity contribution in [1.82, 2.24) is 14.5 Å². The van der Waals surface area contributed by atoms with E-state index >= 15 is 0 Å². The quantitative estimate of drug-likeness (QED) is 0.566. The molecule has 0 fully saturated rings. The number of carbonyl (C=O) groups excluding carboxylic acids is 1. The molecule has 158 valence electrons. The van der Waals surface area contributed by atoms with Gasteiger partial charge in [0.05, 0.1) is 29.2 Å². The van der Waals surface area contributed by atoms with Crippen molar-refractivity contribution in [3.8, 4) is 5.69 Å². The molecule has 1 aromatic heterocycles. The molecule has 7 heteroatoms. The Labute approximate surface area is 181 Å². The Morgan fingerprint density at radius 3 is 2.43 bits per heavy atom. The van der Waals surface area contributed by atoms with Crippen LogP contribution in [0.5, 0.6) is 0 Å². The highest BCUT2D eigenvalue weighted by molar-refractivity contribution is 6.30. The molecule has 0 bridgehead atoms. The predicted octanol–water partition coefficient (Wildman–Crippen LogP) is 4.23. The molecule has 30 heavy (non-hydrogen) atoms. The first kappa shape index (κ1) is 22.0. The summed E-state index contributed by atoms with van der Waals surface area (Å²) in [5, 5.41) is 1.09. The molecule has 2 aromatic carbocycles. The predicted molar refractivity (Wildman–Crippen MR) is 119 cm³/mol. The lowest BCUT2D eigenvalue weighted by molar-refractivity contribution is -0.137. The van der Waals surface area contributed by atoms with Crippen LogP contribution in [0.3, 0.4) is 0 Å². The second kappa shape index (κ2) is 9.41. The Bertz CT molecular complexity index is 1090. The summed E-state index contributed by atoms with van der Waals surface area (Å²) in [6, 6.07) is 13.8. The van der Waals surface area contributed by atoms with Crippen LogP contribution in [0.1, 0.15) is 32.6 Å². The molecule has 3 aromatic rings. The van der Waals surface area contributed by atoms with E-state index in [4.69, 9.17) is 21.3 Å². The third-order valence-corrected chi connectivity index (χ3v) is 5.29. The third-order valence-electron chi connectivity index (χ3n) is 5.04. The average molecular weight is 428 g/mol. The summed E-state index contributed by atoms with van der Waals surface area (Å²) < 4.78 is 6.78. The summed E-state index contributed by atoms with van der Waals surface area (Å²) >= 11 is 6.05. The van der Waals surface area contributed by atoms with Gasteiger partial charge in [-0.1, -0.05) is 37.6 Å². The number of para-hydroxylation sites is 1. The fourth-order valence-electron chi connectivity index (χ4n) is 3.43. The molecular formula is C23H26ClN3O3. The first-order valence-corrected chi connectivity index (χ1v) is 10.3. The zero-order chi connectivity index (χ0) is 21.8. The van der Waals surface area contributed by atoms with Gasteiger partial charge in [-0.15, -0.1) is 0 Å². The Morgan fingerprint density at radius 1 is 1.13 bits per heavy atom. The van der Waals surface area contributed by atoms with Gasteiger partial charge in [0.2, 0.25) is 5.91 Å². The van der Waals surface area contributed by atoms with Gasteiger partial charge in [0.25, 0.3) is 5.56 Å². The van der Waals surface area contributed by atoms with Crippen molar-refractivity contribution in [2.24, 2.45) is 5.92 Å². The highest BCUT2D eigenvalue weighted by Crippen LogP contribution is 2.24. The van der Waals surface area contributed by atoms with E-state index < -0.39 is 6.04 Å². The Hall–Kier alpha value is -2.70. The maximum absolute atomic E-state index is 13.4. The average Bonchev–Trinajstić information content (AvgIpc) is 2.74. The van der Waals surface area contributed by atoms with Crippen LogP contribution < -0.4 is 5.56 Å². The number of methoxy groups -OCH3 is 1.